The predicted molar refractivity (Wildman–Crippen MR) is 129 cm³/mol. The highest BCUT2D eigenvalue weighted by atomic mass is 16.5. The third-order valence-corrected chi connectivity index (χ3v) is 6.30. The molecule has 0 N–H and O–H groups in total. The second kappa shape index (κ2) is 15.0. The fourth-order valence-corrected chi connectivity index (χ4v) is 4.32. The van der Waals surface area contributed by atoms with Gasteiger partial charge in [-0.05, 0) is 25.5 Å². The predicted octanol–water partition coefficient (Wildman–Crippen LogP) is 7.65. The summed E-state index contributed by atoms with van der Waals surface area (Å²) in [5, 5.41) is 8.55. The molecule has 0 saturated heterocycles. The van der Waals surface area contributed by atoms with E-state index >= 15 is 0 Å². The second-order valence-electron chi connectivity index (χ2n) is 8.93. The number of hydrogen-bond donors (Lipinski definition) is 0. The Hall–Kier alpha value is -1.91. The molecule has 1 heterocycles. The summed E-state index contributed by atoms with van der Waals surface area (Å²) in [7, 11) is 1.39. The molecule has 0 saturated carbocycles. The molecule has 0 aliphatic heterocycles. The molecule has 0 aliphatic carbocycles. The molecule has 5 nitrogen and oxygen atoms in total. The number of hydrogen-bond acceptors (Lipinski definition) is 4. The lowest BCUT2D eigenvalue weighted by atomic mass is 10.0. The minimum absolute atomic E-state index is 0.273. The van der Waals surface area contributed by atoms with Crippen LogP contribution in [0.4, 0.5) is 0 Å². The van der Waals surface area contributed by atoms with E-state index in [1.54, 1.807) is 6.07 Å². The molecular weight excluding hydrogens is 386 g/mol. The quantitative estimate of drug-likeness (QED) is 0.191. The van der Waals surface area contributed by atoms with E-state index in [4.69, 9.17) is 4.74 Å². The van der Waals surface area contributed by atoms with Crippen molar-refractivity contribution in [1.29, 1.82) is 0 Å². The van der Waals surface area contributed by atoms with Gasteiger partial charge in [-0.15, -0.1) is 5.10 Å². The average Bonchev–Trinajstić information content (AvgIpc) is 3.23. The Morgan fingerprint density at radius 3 is 2.00 bits per heavy atom. The van der Waals surface area contributed by atoms with E-state index in [1.807, 2.05) is 16.8 Å². The molecule has 0 spiro atoms. The fraction of sp³-hybridized carbons (Fsp3) is 0.731. The van der Waals surface area contributed by atoms with Crippen molar-refractivity contribution in [3.8, 4) is 0 Å². The van der Waals surface area contributed by atoms with Gasteiger partial charge in [0.1, 0.15) is 5.52 Å². The number of unbranched alkanes of at least 4 members (excludes halogenated alkanes) is 13. The van der Waals surface area contributed by atoms with Crippen molar-refractivity contribution < 1.29 is 9.53 Å². The van der Waals surface area contributed by atoms with Crippen LogP contribution < -0.4 is 0 Å². The summed E-state index contributed by atoms with van der Waals surface area (Å²) in [6, 6.07) is 5.86. The highest BCUT2D eigenvalue weighted by Crippen LogP contribution is 2.23. The SMILES string of the molecule is CCCCCCCCCCCCCCCCC(C)n1nnc2c(C(=O)OC)cccc21. The highest BCUT2D eigenvalue weighted by Gasteiger charge is 2.17. The van der Waals surface area contributed by atoms with Gasteiger partial charge in [0, 0.05) is 0 Å². The van der Waals surface area contributed by atoms with E-state index < -0.39 is 0 Å². The Balaban J connectivity index is 1.56. The maximum absolute atomic E-state index is 11.9. The van der Waals surface area contributed by atoms with Crippen LogP contribution in [-0.4, -0.2) is 28.1 Å². The number of rotatable bonds is 17. The first kappa shape index (κ1) is 25.4. The average molecular weight is 430 g/mol. The normalized spacial score (nSPS) is 12.4. The summed E-state index contributed by atoms with van der Waals surface area (Å²) in [4.78, 5) is 11.9. The first-order valence-corrected chi connectivity index (χ1v) is 12.6. The topological polar surface area (TPSA) is 57.0 Å². The van der Waals surface area contributed by atoms with Crippen molar-refractivity contribution in [2.45, 2.75) is 116 Å². The molecule has 0 radical (unpaired) electrons. The van der Waals surface area contributed by atoms with E-state index in [-0.39, 0.29) is 12.0 Å². The molecule has 0 amide bonds. The smallest absolute Gasteiger partial charge is 0.340 e. The summed E-state index contributed by atoms with van der Waals surface area (Å²) in [5.74, 6) is -0.364. The zero-order valence-electron chi connectivity index (χ0n) is 20.1. The minimum Gasteiger partial charge on any atom is -0.465 e. The van der Waals surface area contributed by atoms with Crippen molar-refractivity contribution in [3.05, 3.63) is 23.8 Å². The minimum atomic E-state index is -0.364. The summed E-state index contributed by atoms with van der Waals surface area (Å²) < 4.78 is 6.80. The van der Waals surface area contributed by atoms with Crippen molar-refractivity contribution in [2.24, 2.45) is 0 Å². The Bertz CT molecular complexity index is 756. The van der Waals surface area contributed by atoms with Crippen LogP contribution in [0, 0.1) is 0 Å². The zero-order valence-corrected chi connectivity index (χ0v) is 20.1. The molecule has 0 bridgehead atoms. The fourth-order valence-electron chi connectivity index (χ4n) is 4.32. The molecule has 5 heteroatoms. The van der Waals surface area contributed by atoms with Crippen LogP contribution in [-0.2, 0) is 4.74 Å². The summed E-state index contributed by atoms with van der Waals surface area (Å²) in [6.07, 6.45) is 20.4. The summed E-state index contributed by atoms with van der Waals surface area (Å²) >= 11 is 0. The van der Waals surface area contributed by atoms with Crippen LogP contribution in [0.3, 0.4) is 0 Å². The molecule has 2 aromatic rings. The number of fused-ring (bicyclic) bond motifs is 1. The van der Waals surface area contributed by atoms with E-state index in [1.165, 1.54) is 97.0 Å². The Labute approximate surface area is 188 Å². The number of ether oxygens (including phenoxy) is 1. The van der Waals surface area contributed by atoms with Crippen LogP contribution >= 0.6 is 0 Å². The van der Waals surface area contributed by atoms with Gasteiger partial charge < -0.3 is 4.74 Å². The maximum Gasteiger partial charge on any atom is 0.340 e. The van der Waals surface area contributed by atoms with Crippen LogP contribution in [0.2, 0.25) is 0 Å². The van der Waals surface area contributed by atoms with Gasteiger partial charge in [0.15, 0.2) is 0 Å². The Kier molecular flexibility index (Phi) is 12.3. The largest absolute Gasteiger partial charge is 0.465 e. The van der Waals surface area contributed by atoms with Gasteiger partial charge in [0.2, 0.25) is 0 Å². The first-order chi connectivity index (χ1) is 15.2. The van der Waals surface area contributed by atoms with Gasteiger partial charge in [-0.3, -0.25) is 0 Å². The van der Waals surface area contributed by atoms with Crippen molar-refractivity contribution in [3.63, 3.8) is 0 Å². The molecule has 0 aliphatic rings. The van der Waals surface area contributed by atoms with Gasteiger partial charge in [0.05, 0.1) is 24.2 Å². The number of aromatic nitrogens is 3. The number of carbonyl (C=O) groups excluding carboxylic acids is 1. The van der Waals surface area contributed by atoms with E-state index in [9.17, 15) is 4.79 Å². The molecule has 31 heavy (non-hydrogen) atoms. The van der Waals surface area contributed by atoms with Crippen molar-refractivity contribution in [1.82, 2.24) is 15.0 Å². The molecular formula is C26H43N3O2. The number of carbonyl (C=O) groups is 1. The standard InChI is InChI=1S/C26H43N3O2/c1-4-5-6-7-8-9-10-11-12-13-14-15-16-17-19-22(2)29-24-21-18-20-23(26(30)31-3)25(24)27-28-29/h18,20-22H,4-17,19H2,1-3H3. The summed E-state index contributed by atoms with van der Waals surface area (Å²) in [6.45, 7) is 4.46. The third-order valence-electron chi connectivity index (χ3n) is 6.30. The van der Waals surface area contributed by atoms with Crippen molar-refractivity contribution >= 4 is 17.0 Å². The van der Waals surface area contributed by atoms with E-state index in [0.717, 1.165) is 11.9 Å². The lowest BCUT2D eigenvalue weighted by molar-refractivity contribution is 0.0602. The second-order valence-corrected chi connectivity index (χ2v) is 8.93. The monoisotopic (exact) mass is 429 g/mol. The molecule has 174 valence electrons. The lowest BCUT2D eigenvalue weighted by Crippen LogP contribution is -2.07. The van der Waals surface area contributed by atoms with Crippen LogP contribution in [0.1, 0.15) is 127 Å². The Morgan fingerprint density at radius 2 is 1.45 bits per heavy atom. The molecule has 2 rings (SSSR count). The maximum atomic E-state index is 11.9. The Morgan fingerprint density at radius 1 is 0.903 bits per heavy atom. The first-order valence-electron chi connectivity index (χ1n) is 12.6. The summed E-state index contributed by atoms with van der Waals surface area (Å²) in [5.41, 5.74) is 2.01. The van der Waals surface area contributed by atoms with Gasteiger partial charge in [-0.2, -0.15) is 0 Å². The third kappa shape index (κ3) is 8.62. The van der Waals surface area contributed by atoms with Gasteiger partial charge in [-0.1, -0.05) is 108 Å². The molecule has 1 atom stereocenters. The molecule has 1 aromatic carbocycles. The van der Waals surface area contributed by atoms with Gasteiger partial charge >= 0.3 is 5.97 Å². The highest BCUT2D eigenvalue weighted by molar-refractivity contribution is 6.01. The van der Waals surface area contributed by atoms with Crippen LogP contribution in [0.25, 0.3) is 11.0 Å². The number of esters is 1. The van der Waals surface area contributed by atoms with E-state index in [2.05, 4.69) is 24.2 Å². The van der Waals surface area contributed by atoms with Gasteiger partial charge in [0.25, 0.3) is 0 Å². The number of methoxy groups -OCH3 is 1. The van der Waals surface area contributed by atoms with Crippen molar-refractivity contribution in [2.75, 3.05) is 7.11 Å². The zero-order chi connectivity index (χ0) is 22.3. The van der Waals surface area contributed by atoms with Crippen LogP contribution in [0.5, 0.6) is 0 Å². The molecule has 1 unspecified atom stereocenters. The number of benzene rings is 1. The lowest BCUT2D eigenvalue weighted by Gasteiger charge is -2.12. The molecule has 1 aromatic heterocycles. The van der Waals surface area contributed by atoms with Gasteiger partial charge in [-0.25, -0.2) is 9.48 Å². The van der Waals surface area contributed by atoms with E-state index in [0.29, 0.717) is 11.1 Å². The molecule has 0 fully saturated rings. The van der Waals surface area contributed by atoms with Crippen LogP contribution in [0.15, 0.2) is 18.2 Å². The number of nitrogens with zero attached hydrogens (tertiary/aromatic N) is 3.